The molecule has 0 amide bonds. The lowest BCUT2D eigenvalue weighted by atomic mass is 10.0. The summed E-state index contributed by atoms with van der Waals surface area (Å²) in [6, 6.07) is 6.89. The Balaban J connectivity index is 1.60. The van der Waals surface area contributed by atoms with Gasteiger partial charge in [-0.15, -0.1) is 11.8 Å². The van der Waals surface area contributed by atoms with Crippen LogP contribution in [0.25, 0.3) is 0 Å². The maximum absolute atomic E-state index is 10.8. The molecule has 7 nitrogen and oxygen atoms in total. The number of nitrogens with zero attached hydrogens (tertiary/aromatic N) is 2. The van der Waals surface area contributed by atoms with Crippen molar-refractivity contribution >= 4 is 35.3 Å². The van der Waals surface area contributed by atoms with E-state index in [1.807, 2.05) is 12.1 Å². The van der Waals surface area contributed by atoms with Crippen LogP contribution < -0.4 is 16.8 Å². The van der Waals surface area contributed by atoms with E-state index in [-0.39, 0.29) is 11.9 Å². The predicted octanol–water partition coefficient (Wildman–Crippen LogP) is 2.03. The maximum Gasteiger partial charge on any atom is 0.335 e. The van der Waals surface area contributed by atoms with Crippen molar-refractivity contribution in [3.05, 3.63) is 35.4 Å². The molecule has 1 aromatic carbocycles. The van der Waals surface area contributed by atoms with Gasteiger partial charge in [-0.2, -0.15) is 9.97 Å². The number of carbonyl (C=O) groups is 1. The molecule has 0 aliphatic carbocycles. The molecule has 0 radical (unpaired) electrons. The average Bonchev–Trinajstić information content (AvgIpc) is 2.91. The number of nitrogens with one attached hydrogen (secondary N) is 1. The van der Waals surface area contributed by atoms with Crippen LogP contribution in [0.1, 0.15) is 28.3 Å². The topological polar surface area (TPSA) is 127 Å². The molecule has 0 bridgehead atoms. The molecule has 2 aromatic rings. The van der Waals surface area contributed by atoms with E-state index in [0.29, 0.717) is 11.4 Å². The number of nitrogens with two attached hydrogens (primary N) is 2. The molecule has 1 aliphatic heterocycles. The van der Waals surface area contributed by atoms with E-state index >= 15 is 0 Å². The molecule has 6 N–H and O–H groups in total. The summed E-state index contributed by atoms with van der Waals surface area (Å²) in [6.07, 6.45) is 0.919. The molecule has 3 rings (SSSR count). The van der Waals surface area contributed by atoms with Gasteiger partial charge in [0.2, 0.25) is 5.95 Å². The van der Waals surface area contributed by atoms with Crippen LogP contribution in [0.4, 0.5) is 17.6 Å². The second kappa shape index (κ2) is 6.33. The summed E-state index contributed by atoms with van der Waals surface area (Å²) in [5.41, 5.74) is 12.8. The fourth-order valence-electron chi connectivity index (χ4n) is 2.62. The Kier molecular flexibility index (Phi) is 4.24. The zero-order valence-electron chi connectivity index (χ0n) is 12.3. The molecule has 0 saturated heterocycles. The van der Waals surface area contributed by atoms with Gasteiger partial charge < -0.3 is 21.9 Å². The maximum atomic E-state index is 10.8. The van der Waals surface area contributed by atoms with Gasteiger partial charge in [0, 0.05) is 22.9 Å². The van der Waals surface area contributed by atoms with Gasteiger partial charge in [-0.05, 0) is 36.4 Å². The van der Waals surface area contributed by atoms with Crippen LogP contribution in [-0.4, -0.2) is 33.3 Å². The summed E-state index contributed by atoms with van der Waals surface area (Å²) in [5, 5.41) is 12.1. The van der Waals surface area contributed by atoms with Crippen molar-refractivity contribution in [1.82, 2.24) is 9.97 Å². The Bertz CT molecular complexity index is 735. The van der Waals surface area contributed by atoms with Crippen LogP contribution in [-0.2, 0) is 0 Å². The lowest BCUT2D eigenvalue weighted by Gasteiger charge is -2.11. The molecular weight excluding hydrogens is 314 g/mol. The zero-order chi connectivity index (χ0) is 16.4. The van der Waals surface area contributed by atoms with Crippen molar-refractivity contribution in [3.8, 4) is 0 Å². The molecule has 120 valence electrons. The molecule has 1 atom stereocenters. The number of rotatable bonds is 5. The first kappa shape index (κ1) is 15.4. The van der Waals surface area contributed by atoms with Crippen molar-refractivity contribution in [2.24, 2.45) is 0 Å². The standard InChI is InChI=1S/C15H17N5O2S/c16-12-11-9(7-18-13(11)20-15(17)19-12)5-6-23-10-3-1-8(2-4-10)14(21)22/h1-4,9H,5-7H2,(H,21,22)(H5,16,17,18,19,20). The zero-order valence-corrected chi connectivity index (χ0v) is 13.1. The number of aromatic carboxylic acids is 1. The molecule has 23 heavy (non-hydrogen) atoms. The SMILES string of the molecule is Nc1nc(N)c2c(n1)NCC2CCSc1ccc(C(=O)O)cc1. The molecule has 0 saturated carbocycles. The van der Waals surface area contributed by atoms with Crippen molar-refractivity contribution in [3.63, 3.8) is 0 Å². The number of aromatic nitrogens is 2. The first-order valence-corrected chi connectivity index (χ1v) is 8.16. The number of fused-ring (bicyclic) bond motifs is 1. The van der Waals surface area contributed by atoms with Gasteiger partial charge in [0.15, 0.2) is 0 Å². The van der Waals surface area contributed by atoms with Crippen molar-refractivity contribution in [2.75, 3.05) is 29.1 Å². The molecule has 8 heteroatoms. The Labute approximate surface area is 137 Å². The lowest BCUT2D eigenvalue weighted by Crippen LogP contribution is -2.06. The van der Waals surface area contributed by atoms with Gasteiger partial charge in [-0.25, -0.2) is 4.79 Å². The van der Waals surface area contributed by atoms with Crippen molar-refractivity contribution < 1.29 is 9.90 Å². The van der Waals surface area contributed by atoms with Crippen molar-refractivity contribution in [2.45, 2.75) is 17.2 Å². The summed E-state index contributed by atoms with van der Waals surface area (Å²) in [5.74, 6) is 1.60. The minimum absolute atomic E-state index is 0.183. The number of nitrogen functional groups attached to an aromatic ring is 2. The average molecular weight is 331 g/mol. The van der Waals surface area contributed by atoms with Crippen LogP contribution in [0, 0.1) is 0 Å². The minimum atomic E-state index is -0.912. The van der Waals surface area contributed by atoms with Gasteiger partial charge in [-0.1, -0.05) is 0 Å². The second-order valence-corrected chi connectivity index (χ2v) is 6.44. The van der Waals surface area contributed by atoms with Crippen LogP contribution in [0.15, 0.2) is 29.2 Å². The first-order valence-electron chi connectivity index (χ1n) is 7.17. The molecule has 1 unspecified atom stereocenters. The molecule has 1 aliphatic rings. The number of thioether (sulfide) groups is 1. The van der Waals surface area contributed by atoms with Crippen LogP contribution in [0.5, 0.6) is 0 Å². The number of hydrogen-bond acceptors (Lipinski definition) is 7. The molecule has 0 fully saturated rings. The number of anilines is 3. The highest BCUT2D eigenvalue weighted by atomic mass is 32.2. The van der Waals surface area contributed by atoms with E-state index in [4.69, 9.17) is 16.6 Å². The highest BCUT2D eigenvalue weighted by molar-refractivity contribution is 7.99. The Morgan fingerprint density at radius 2 is 2.04 bits per heavy atom. The summed E-state index contributed by atoms with van der Waals surface area (Å²) >= 11 is 1.68. The first-order chi connectivity index (χ1) is 11.0. The van der Waals surface area contributed by atoms with Gasteiger partial charge in [0.1, 0.15) is 11.6 Å². The molecular formula is C15H17N5O2S. The van der Waals surface area contributed by atoms with Gasteiger partial charge in [-0.3, -0.25) is 0 Å². The monoisotopic (exact) mass is 331 g/mol. The van der Waals surface area contributed by atoms with Gasteiger partial charge in [0.25, 0.3) is 0 Å². The number of benzene rings is 1. The molecule has 0 spiro atoms. The van der Waals surface area contributed by atoms with E-state index in [0.717, 1.165) is 35.0 Å². The van der Waals surface area contributed by atoms with Gasteiger partial charge >= 0.3 is 5.97 Å². The fourth-order valence-corrected chi connectivity index (χ4v) is 3.59. The van der Waals surface area contributed by atoms with E-state index in [9.17, 15) is 4.79 Å². The Morgan fingerprint density at radius 3 is 2.74 bits per heavy atom. The lowest BCUT2D eigenvalue weighted by molar-refractivity contribution is 0.0697. The normalized spacial score (nSPS) is 15.9. The minimum Gasteiger partial charge on any atom is -0.478 e. The van der Waals surface area contributed by atoms with E-state index in [2.05, 4.69) is 15.3 Å². The summed E-state index contributed by atoms with van der Waals surface area (Å²) in [4.78, 5) is 20.1. The highest BCUT2D eigenvalue weighted by Gasteiger charge is 2.27. The van der Waals surface area contributed by atoms with Crippen molar-refractivity contribution in [1.29, 1.82) is 0 Å². The van der Waals surface area contributed by atoms with Crippen LogP contribution in [0.3, 0.4) is 0 Å². The quantitative estimate of drug-likeness (QED) is 0.613. The summed E-state index contributed by atoms with van der Waals surface area (Å²) < 4.78 is 0. The van der Waals surface area contributed by atoms with Crippen LogP contribution >= 0.6 is 11.8 Å². The summed E-state index contributed by atoms with van der Waals surface area (Å²) in [7, 11) is 0. The summed E-state index contributed by atoms with van der Waals surface area (Å²) in [6.45, 7) is 0.774. The number of carboxylic acid groups (broad SMARTS) is 1. The molecule has 1 aromatic heterocycles. The van der Waals surface area contributed by atoms with E-state index in [1.165, 1.54) is 0 Å². The van der Waals surface area contributed by atoms with Crippen LogP contribution in [0.2, 0.25) is 0 Å². The third-order valence-corrected chi connectivity index (χ3v) is 4.80. The highest BCUT2D eigenvalue weighted by Crippen LogP contribution is 2.37. The number of carboxylic acids is 1. The smallest absolute Gasteiger partial charge is 0.335 e. The Hall–Kier alpha value is -2.48. The second-order valence-electron chi connectivity index (χ2n) is 5.27. The third-order valence-electron chi connectivity index (χ3n) is 3.75. The van der Waals surface area contributed by atoms with Gasteiger partial charge in [0.05, 0.1) is 5.56 Å². The largest absolute Gasteiger partial charge is 0.478 e. The number of hydrogen-bond donors (Lipinski definition) is 4. The Morgan fingerprint density at radius 1 is 1.30 bits per heavy atom. The van der Waals surface area contributed by atoms with E-state index in [1.54, 1.807) is 23.9 Å². The third kappa shape index (κ3) is 3.31. The van der Waals surface area contributed by atoms with E-state index < -0.39 is 5.97 Å². The fraction of sp³-hybridized carbons (Fsp3) is 0.267. The molecule has 2 heterocycles. The predicted molar refractivity (Wildman–Crippen MR) is 90.8 cm³/mol.